The van der Waals surface area contributed by atoms with Crippen LogP contribution in [0.5, 0.6) is 5.75 Å². The maximum atomic E-state index is 6.34. The maximum absolute atomic E-state index is 6.34. The van der Waals surface area contributed by atoms with E-state index in [-0.39, 0.29) is 6.04 Å². The average molecular weight is 314 g/mol. The number of para-hydroxylation sites is 1. The van der Waals surface area contributed by atoms with Crippen molar-refractivity contribution in [1.82, 2.24) is 0 Å². The first-order valence-electron chi connectivity index (χ1n) is 6.11. The summed E-state index contributed by atoms with van der Waals surface area (Å²) in [5.74, 6) is 0.916. The molecular weight excluding hydrogens is 301 g/mol. The van der Waals surface area contributed by atoms with Gasteiger partial charge in [0.05, 0.1) is 21.3 Å². The predicted octanol–water partition coefficient (Wildman–Crippen LogP) is 4.43. The van der Waals surface area contributed by atoms with Crippen LogP contribution in [0.4, 0.5) is 0 Å². The molecule has 0 bridgehead atoms. The number of halogens is 2. The molecule has 3 rings (SSSR count). The number of fused-ring (bicyclic) bond motifs is 1. The van der Waals surface area contributed by atoms with Crippen LogP contribution in [0.2, 0.25) is 8.67 Å². The lowest BCUT2D eigenvalue weighted by Gasteiger charge is -2.23. The van der Waals surface area contributed by atoms with Gasteiger partial charge in [0.15, 0.2) is 0 Å². The average Bonchev–Trinajstić information content (AvgIpc) is 2.76. The minimum absolute atomic E-state index is 0.302. The summed E-state index contributed by atoms with van der Waals surface area (Å²) in [5.41, 5.74) is 9.40. The van der Waals surface area contributed by atoms with E-state index in [2.05, 4.69) is 6.07 Å². The summed E-state index contributed by atoms with van der Waals surface area (Å²) in [5, 5.41) is 0. The number of thiophene rings is 1. The first kappa shape index (κ1) is 13.3. The molecule has 2 aromatic rings. The van der Waals surface area contributed by atoms with Crippen LogP contribution in [0.1, 0.15) is 29.2 Å². The number of hydrogen-bond donors (Lipinski definition) is 1. The van der Waals surface area contributed by atoms with E-state index in [9.17, 15) is 0 Å². The van der Waals surface area contributed by atoms with E-state index in [0.29, 0.717) is 8.67 Å². The molecular formula is C14H13Cl2NOS. The third-order valence-corrected chi connectivity index (χ3v) is 4.84. The molecule has 2 N–H and O–H groups in total. The van der Waals surface area contributed by atoms with Gasteiger partial charge in [0, 0.05) is 11.1 Å². The molecule has 1 aromatic heterocycles. The van der Waals surface area contributed by atoms with Crippen molar-refractivity contribution in [2.75, 3.05) is 6.61 Å². The second kappa shape index (κ2) is 5.33. The normalized spacial score (nSPS) is 15.7. The van der Waals surface area contributed by atoms with Crippen LogP contribution in [0, 0.1) is 0 Å². The first-order valence-corrected chi connectivity index (χ1v) is 7.69. The minimum atomic E-state index is -0.302. The third kappa shape index (κ3) is 2.48. The summed E-state index contributed by atoms with van der Waals surface area (Å²) in [6.45, 7) is 0.745. The summed E-state index contributed by atoms with van der Waals surface area (Å²) in [6.07, 6.45) is 2.09. The molecule has 1 aliphatic rings. The third-order valence-electron chi connectivity index (χ3n) is 3.32. The van der Waals surface area contributed by atoms with Crippen molar-refractivity contribution in [3.63, 3.8) is 0 Å². The van der Waals surface area contributed by atoms with Crippen molar-refractivity contribution in [1.29, 1.82) is 0 Å². The highest BCUT2D eigenvalue weighted by Crippen LogP contribution is 2.40. The van der Waals surface area contributed by atoms with Gasteiger partial charge in [-0.15, -0.1) is 11.3 Å². The summed E-state index contributed by atoms with van der Waals surface area (Å²) >= 11 is 13.5. The van der Waals surface area contributed by atoms with E-state index in [4.69, 9.17) is 33.7 Å². The van der Waals surface area contributed by atoms with Crippen LogP contribution in [0.25, 0.3) is 0 Å². The topological polar surface area (TPSA) is 35.2 Å². The van der Waals surface area contributed by atoms with Gasteiger partial charge in [-0.3, -0.25) is 0 Å². The van der Waals surface area contributed by atoms with E-state index in [0.717, 1.165) is 36.3 Å². The van der Waals surface area contributed by atoms with Crippen molar-refractivity contribution >= 4 is 34.5 Å². The van der Waals surface area contributed by atoms with Gasteiger partial charge >= 0.3 is 0 Å². The Bertz CT molecular complexity index is 611. The molecule has 19 heavy (non-hydrogen) atoms. The largest absolute Gasteiger partial charge is 0.493 e. The lowest BCUT2D eigenvalue weighted by atomic mass is 9.95. The molecule has 2 heterocycles. The van der Waals surface area contributed by atoms with Gasteiger partial charge in [0.25, 0.3) is 0 Å². The zero-order chi connectivity index (χ0) is 13.4. The Hall–Kier alpha value is -0.740. The van der Waals surface area contributed by atoms with Crippen molar-refractivity contribution in [2.45, 2.75) is 18.9 Å². The van der Waals surface area contributed by atoms with Gasteiger partial charge in [0.1, 0.15) is 5.75 Å². The first-order chi connectivity index (χ1) is 9.16. The summed E-state index contributed by atoms with van der Waals surface area (Å²) < 4.78 is 7.09. The number of rotatable bonds is 2. The van der Waals surface area contributed by atoms with Crippen LogP contribution < -0.4 is 10.5 Å². The van der Waals surface area contributed by atoms with Crippen LogP contribution in [-0.2, 0) is 6.42 Å². The monoisotopic (exact) mass is 313 g/mol. The van der Waals surface area contributed by atoms with Crippen LogP contribution in [0.15, 0.2) is 24.3 Å². The molecule has 100 valence electrons. The Labute approximate surface area is 126 Å². The number of benzene rings is 1. The Morgan fingerprint density at radius 1 is 1.26 bits per heavy atom. The Balaban J connectivity index is 2.04. The zero-order valence-electron chi connectivity index (χ0n) is 10.2. The molecule has 2 nitrogen and oxygen atoms in total. The van der Waals surface area contributed by atoms with Gasteiger partial charge in [-0.25, -0.2) is 0 Å². The van der Waals surface area contributed by atoms with Crippen LogP contribution in [0.3, 0.4) is 0 Å². The highest BCUT2D eigenvalue weighted by molar-refractivity contribution is 7.20. The number of nitrogens with two attached hydrogens (primary N) is 1. The minimum Gasteiger partial charge on any atom is -0.493 e. The van der Waals surface area contributed by atoms with Gasteiger partial charge in [-0.1, -0.05) is 41.4 Å². The Morgan fingerprint density at radius 3 is 2.84 bits per heavy atom. The quantitative estimate of drug-likeness (QED) is 0.890. The Morgan fingerprint density at radius 2 is 2.11 bits per heavy atom. The SMILES string of the molecule is NC(c1cc(Cl)sc1Cl)c1cccc2c1OCCC2. The number of ether oxygens (including phenoxy) is 1. The molecule has 0 radical (unpaired) electrons. The molecule has 5 heteroatoms. The van der Waals surface area contributed by atoms with E-state index >= 15 is 0 Å². The lowest BCUT2D eigenvalue weighted by molar-refractivity contribution is 0.284. The van der Waals surface area contributed by atoms with Crippen molar-refractivity contribution in [3.8, 4) is 5.75 Å². The van der Waals surface area contributed by atoms with Gasteiger partial charge < -0.3 is 10.5 Å². The van der Waals surface area contributed by atoms with Crippen molar-refractivity contribution in [3.05, 3.63) is 49.6 Å². The standard InChI is InChI=1S/C14H13Cl2NOS/c15-11-7-10(14(16)19-11)12(17)9-5-1-3-8-4-2-6-18-13(8)9/h1,3,5,7,12H,2,4,6,17H2. The summed E-state index contributed by atoms with van der Waals surface area (Å²) in [4.78, 5) is 0. The maximum Gasteiger partial charge on any atom is 0.127 e. The molecule has 0 saturated heterocycles. The van der Waals surface area contributed by atoms with Gasteiger partial charge in [0.2, 0.25) is 0 Å². The van der Waals surface area contributed by atoms with Gasteiger partial charge in [-0.2, -0.15) is 0 Å². The second-order valence-corrected chi connectivity index (χ2v) is 6.83. The van der Waals surface area contributed by atoms with E-state index in [1.54, 1.807) is 0 Å². The molecule has 1 aromatic carbocycles. The molecule has 0 amide bonds. The fourth-order valence-electron chi connectivity index (χ4n) is 2.39. The molecule has 0 aliphatic carbocycles. The zero-order valence-corrected chi connectivity index (χ0v) is 12.5. The van der Waals surface area contributed by atoms with E-state index < -0.39 is 0 Å². The molecule has 0 spiro atoms. The molecule has 1 unspecified atom stereocenters. The second-order valence-electron chi connectivity index (χ2n) is 4.54. The summed E-state index contributed by atoms with van der Waals surface area (Å²) in [6, 6.07) is 7.64. The molecule has 1 atom stereocenters. The molecule has 1 aliphatic heterocycles. The molecule has 0 saturated carbocycles. The van der Waals surface area contributed by atoms with Crippen LogP contribution in [-0.4, -0.2) is 6.61 Å². The van der Waals surface area contributed by atoms with Crippen molar-refractivity contribution in [2.24, 2.45) is 5.73 Å². The van der Waals surface area contributed by atoms with Gasteiger partial charge in [-0.05, 0) is 24.5 Å². The van der Waals surface area contributed by atoms with Crippen molar-refractivity contribution < 1.29 is 4.74 Å². The van der Waals surface area contributed by atoms with E-state index in [1.165, 1.54) is 16.9 Å². The lowest BCUT2D eigenvalue weighted by Crippen LogP contribution is -2.17. The van der Waals surface area contributed by atoms with E-state index in [1.807, 2.05) is 18.2 Å². The highest BCUT2D eigenvalue weighted by Gasteiger charge is 2.22. The fourth-order valence-corrected chi connectivity index (χ4v) is 3.94. The Kier molecular flexibility index (Phi) is 3.72. The van der Waals surface area contributed by atoms with Crippen LogP contribution >= 0.6 is 34.5 Å². The predicted molar refractivity (Wildman–Crippen MR) is 80.6 cm³/mol. The number of hydrogen-bond acceptors (Lipinski definition) is 3. The molecule has 0 fully saturated rings. The summed E-state index contributed by atoms with van der Waals surface area (Å²) in [7, 11) is 0. The fraction of sp³-hybridized carbons (Fsp3) is 0.286. The smallest absolute Gasteiger partial charge is 0.127 e. The highest BCUT2D eigenvalue weighted by atomic mass is 35.5. The number of aryl methyl sites for hydroxylation is 1.